The maximum Gasteiger partial charge on any atom is 0.315 e. The molecule has 1 heterocycles. The van der Waals surface area contributed by atoms with Gasteiger partial charge in [-0.05, 0) is 19.4 Å². The predicted octanol–water partition coefficient (Wildman–Crippen LogP) is 1.94. The lowest BCUT2D eigenvalue weighted by molar-refractivity contribution is 0.0346. The maximum atomic E-state index is 5.81. The van der Waals surface area contributed by atoms with Crippen molar-refractivity contribution in [3.05, 3.63) is 5.89 Å². The van der Waals surface area contributed by atoms with Crippen LogP contribution in [0, 0.1) is 0 Å². The number of nitrogens with zero attached hydrogens (tertiary/aromatic N) is 2. The first-order valence-electron chi connectivity index (χ1n) is 7.27. The van der Waals surface area contributed by atoms with Crippen molar-refractivity contribution in [1.82, 2.24) is 15.5 Å². The van der Waals surface area contributed by atoms with Gasteiger partial charge in [0, 0.05) is 6.54 Å². The molecule has 0 bridgehead atoms. The molecule has 1 fully saturated rings. The Morgan fingerprint density at radius 3 is 2.89 bits per heavy atom. The van der Waals surface area contributed by atoms with Crippen LogP contribution < -0.4 is 10.6 Å². The Balaban J connectivity index is 1.58. The Morgan fingerprint density at radius 1 is 1.26 bits per heavy atom. The van der Waals surface area contributed by atoms with Crippen molar-refractivity contribution in [2.24, 2.45) is 0 Å². The van der Waals surface area contributed by atoms with E-state index in [1.807, 2.05) is 6.92 Å². The highest BCUT2D eigenvalue weighted by atomic mass is 16.5. The van der Waals surface area contributed by atoms with Crippen molar-refractivity contribution in [3.63, 3.8) is 0 Å². The molecule has 0 aromatic carbocycles. The van der Waals surface area contributed by atoms with E-state index in [2.05, 4.69) is 20.8 Å². The Hall–Kier alpha value is -1.14. The van der Waals surface area contributed by atoms with Crippen LogP contribution in [0.1, 0.15) is 44.9 Å². The third-order valence-corrected chi connectivity index (χ3v) is 3.28. The number of hydrogen-bond donors (Lipinski definition) is 2. The van der Waals surface area contributed by atoms with E-state index in [1.54, 1.807) is 0 Å². The first-order chi connectivity index (χ1) is 9.38. The van der Waals surface area contributed by atoms with Crippen molar-refractivity contribution in [3.8, 4) is 0 Å². The number of nitrogens with one attached hydrogen (secondary N) is 2. The minimum Gasteiger partial charge on any atom is -0.407 e. The topological polar surface area (TPSA) is 72.2 Å². The largest absolute Gasteiger partial charge is 0.407 e. The molecule has 0 radical (unpaired) electrons. The fourth-order valence-corrected chi connectivity index (χ4v) is 2.24. The fraction of sp³-hybridized carbons (Fsp3) is 0.846. The summed E-state index contributed by atoms with van der Waals surface area (Å²) in [6.07, 6.45) is 6.81. The Morgan fingerprint density at radius 2 is 2.11 bits per heavy atom. The van der Waals surface area contributed by atoms with Gasteiger partial charge in [-0.2, -0.15) is 0 Å². The van der Waals surface area contributed by atoms with Gasteiger partial charge in [0.05, 0.1) is 19.3 Å². The molecule has 0 aliphatic heterocycles. The highest BCUT2D eigenvalue weighted by Crippen LogP contribution is 2.19. The minimum absolute atomic E-state index is 0.447. The lowest BCUT2D eigenvalue weighted by atomic mass is 9.98. The van der Waals surface area contributed by atoms with E-state index in [9.17, 15) is 0 Å². The van der Waals surface area contributed by atoms with Crippen LogP contribution in [-0.4, -0.2) is 36.0 Å². The smallest absolute Gasteiger partial charge is 0.315 e. The van der Waals surface area contributed by atoms with Crippen LogP contribution in [0.15, 0.2) is 4.42 Å². The van der Waals surface area contributed by atoms with Crippen molar-refractivity contribution >= 4 is 6.01 Å². The molecular formula is C13H24N4O2. The molecule has 0 saturated heterocycles. The number of ether oxygens (including phenoxy) is 1. The van der Waals surface area contributed by atoms with Gasteiger partial charge in [0.15, 0.2) is 0 Å². The summed E-state index contributed by atoms with van der Waals surface area (Å²) in [5.41, 5.74) is 0. The summed E-state index contributed by atoms with van der Waals surface area (Å²) in [7, 11) is 0. The van der Waals surface area contributed by atoms with Crippen LogP contribution >= 0.6 is 0 Å². The number of anilines is 1. The maximum absolute atomic E-state index is 5.81. The summed E-state index contributed by atoms with van der Waals surface area (Å²) in [5, 5.41) is 14.1. The predicted molar refractivity (Wildman–Crippen MR) is 73.0 cm³/mol. The van der Waals surface area contributed by atoms with E-state index >= 15 is 0 Å². The highest BCUT2D eigenvalue weighted by molar-refractivity contribution is 5.16. The molecule has 1 aromatic rings. The van der Waals surface area contributed by atoms with Crippen LogP contribution in [0.3, 0.4) is 0 Å². The molecule has 0 spiro atoms. The minimum atomic E-state index is 0.447. The zero-order chi connectivity index (χ0) is 13.3. The van der Waals surface area contributed by atoms with E-state index in [0.29, 0.717) is 37.7 Å². The lowest BCUT2D eigenvalue weighted by Crippen LogP contribution is -2.20. The first kappa shape index (κ1) is 14.3. The third kappa shape index (κ3) is 5.16. The molecule has 108 valence electrons. The van der Waals surface area contributed by atoms with E-state index in [0.717, 1.165) is 6.54 Å². The van der Waals surface area contributed by atoms with Crippen LogP contribution in [0.4, 0.5) is 6.01 Å². The third-order valence-electron chi connectivity index (χ3n) is 3.28. The average molecular weight is 268 g/mol. The quantitative estimate of drug-likeness (QED) is 0.702. The molecule has 1 aromatic heterocycles. The van der Waals surface area contributed by atoms with Crippen LogP contribution in [0.25, 0.3) is 0 Å². The van der Waals surface area contributed by atoms with Gasteiger partial charge in [0.1, 0.15) is 0 Å². The average Bonchev–Trinajstić information content (AvgIpc) is 2.90. The van der Waals surface area contributed by atoms with E-state index in [-0.39, 0.29) is 0 Å². The second kappa shape index (κ2) is 8.12. The SMILES string of the molecule is CCNCc1nnc(NCCOC2CCCCC2)o1. The van der Waals surface area contributed by atoms with Crippen molar-refractivity contribution in [2.45, 2.75) is 51.7 Å². The second-order valence-corrected chi connectivity index (χ2v) is 4.84. The van der Waals surface area contributed by atoms with Crippen molar-refractivity contribution in [2.75, 3.05) is 25.0 Å². The molecule has 1 aliphatic rings. The summed E-state index contributed by atoms with van der Waals surface area (Å²) in [4.78, 5) is 0. The van der Waals surface area contributed by atoms with Crippen LogP contribution in [0.2, 0.25) is 0 Å². The molecule has 0 atom stereocenters. The molecule has 6 nitrogen and oxygen atoms in total. The van der Waals surface area contributed by atoms with Gasteiger partial charge in [0.2, 0.25) is 5.89 Å². The van der Waals surface area contributed by atoms with Crippen molar-refractivity contribution < 1.29 is 9.15 Å². The molecule has 0 unspecified atom stereocenters. The fourth-order valence-electron chi connectivity index (χ4n) is 2.24. The highest BCUT2D eigenvalue weighted by Gasteiger charge is 2.13. The van der Waals surface area contributed by atoms with Gasteiger partial charge in [-0.1, -0.05) is 31.3 Å². The van der Waals surface area contributed by atoms with E-state index in [1.165, 1.54) is 32.1 Å². The van der Waals surface area contributed by atoms with E-state index in [4.69, 9.17) is 9.15 Å². The molecule has 6 heteroatoms. The van der Waals surface area contributed by atoms with Gasteiger partial charge in [-0.3, -0.25) is 0 Å². The summed E-state index contributed by atoms with van der Waals surface area (Å²) in [6, 6.07) is 0.472. The Labute approximate surface area is 114 Å². The van der Waals surface area contributed by atoms with Gasteiger partial charge in [0.25, 0.3) is 0 Å². The zero-order valence-corrected chi connectivity index (χ0v) is 11.7. The standard InChI is InChI=1S/C13H24N4O2/c1-2-14-10-12-16-17-13(19-12)15-8-9-18-11-6-4-3-5-7-11/h11,14H,2-10H2,1H3,(H,15,17). The summed E-state index contributed by atoms with van der Waals surface area (Å²) in [6.45, 7) is 4.94. The van der Waals surface area contributed by atoms with Crippen LogP contribution in [0.5, 0.6) is 0 Å². The monoisotopic (exact) mass is 268 g/mol. The summed E-state index contributed by atoms with van der Waals surface area (Å²) >= 11 is 0. The number of rotatable bonds is 8. The number of aromatic nitrogens is 2. The normalized spacial score (nSPS) is 16.7. The number of hydrogen-bond acceptors (Lipinski definition) is 6. The molecule has 2 rings (SSSR count). The molecule has 19 heavy (non-hydrogen) atoms. The zero-order valence-electron chi connectivity index (χ0n) is 11.7. The van der Waals surface area contributed by atoms with E-state index < -0.39 is 0 Å². The van der Waals surface area contributed by atoms with Gasteiger partial charge >= 0.3 is 6.01 Å². The van der Waals surface area contributed by atoms with Gasteiger partial charge in [-0.15, -0.1) is 5.10 Å². The van der Waals surface area contributed by atoms with Crippen LogP contribution in [-0.2, 0) is 11.3 Å². The summed E-state index contributed by atoms with van der Waals surface area (Å²) in [5.74, 6) is 0.609. The van der Waals surface area contributed by atoms with Crippen molar-refractivity contribution in [1.29, 1.82) is 0 Å². The Kier molecular flexibility index (Phi) is 6.10. The molecule has 1 aliphatic carbocycles. The first-order valence-corrected chi connectivity index (χ1v) is 7.27. The van der Waals surface area contributed by atoms with Gasteiger partial charge in [-0.25, -0.2) is 0 Å². The molecule has 2 N–H and O–H groups in total. The molecular weight excluding hydrogens is 244 g/mol. The molecule has 0 amide bonds. The van der Waals surface area contributed by atoms with Gasteiger partial charge < -0.3 is 19.8 Å². The Bertz CT molecular complexity index is 350. The lowest BCUT2D eigenvalue weighted by Gasteiger charge is -2.21. The second-order valence-electron chi connectivity index (χ2n) is 4.84. The molecule has 1 saturated carbocycles. The summed E-state index contributed by atoms with van der Waals surface area (Å²) < 4.78 is 11.2.